The quantitative estimate of drug-likeness (QED) is 0.587. The Hall–Kier alpha value is -2.61. The lowest BCUT2D eigenvalue weighted by Gasteiger charge is -2.15. The highest BCUT2D eigenvalue weighted by Gasteiger charge is 2.29. The number of nitrogens with zero attached hydrogens (tertiary/aromatic N) is 1. The van der Waals surface area contributed by atoms with Crippen LogP contribution in [-0.2, 0) is 20.9 Å². The lowest BCUT2D eigenvalue weighted by molar-refractivity contribution is -0.133. The van der Waals surface area contributed by atoms with Crippen molar-refractivity contribution >= 4 is 17.9 Å². The summed E-state index contributed by atoms with van der Waals surface area (Å²) in [5, 5.41) is 5.17. The molecule has 0 bridgehead atoms. The van der Waals surface area contributed by atoms with Gasteiger partial charge in [-0.2, -0.15) is 0 Å². The maximum Gasteiger partial charge on any atom is 0.407 e. The lowest BCUT2D eigenvalue weighted by Crippen LogP contribution is -2.43. The molecule has 0 aromatic heterocycles. The first-order chi connectivity index (χ1) is 11.6. The molecule has 1 aliphatic heterocycles. The molecule has 3 amide bonds. The third-order valence-electron chi connectivity index (χ3n) is 3.60. The summed E-state index contributed by atoms with van der Waals surface area (Å²) in [5.41, 5.74) is 6.48. The molecule has 2 rings (SSSR count). The normalized spacial score (nSPS) is 16.8. The number of amides is 3. The van der Waals surface area contributed by atoms with Crippen molar-refractivity contribution in [2.45, 2.75) is 19.1 Å². The zero-order valence-electron chi connectivity index (χ0n) is 13.4. The first-order valence-electron chi connectivity index (χ1n) is 7.82. The molecule has 0 unspecified atom stereocenters. The summed E-state index contributed by atoms with van der Waals surface area (Å²) in [5.74, 6) is -0.482. The molecule has 1 aliphatic rings. The van der Waals surface area contributed by atoms with Gasteiger partial charge >= 0.3 is 6.09 Å². The molecule has 0 spiro atoms. The molecule has 0 radical (unpaired) electrons. The van der Waals surface area contributed by atoms with E-state index in [9.17, 15) is 14.4 Å². The highest BCUT2D eigenvalue weighted by atomic mass is 16.5. The zero-order chi connectivity index (χ0) is 17.4. The van der Waals surface area contributed by atoms with Crippen molar-refractivity contribution in [3.63, 3.8) is 0 Å². The van der Waals surface area contributed by atoms with Crippen LogP contribution in [0.5, 0.6) is 0 Å². The Morgan fingerprint density at radius 3 is 2.58 bits per heavy atom. The van der Waals surface area contributed by atoms with Crippen LogP contribution in [0.25, 0.3) is 0 Å². The number of benzene rings is 1. The number of ether oxygens (including phenoxy) is 1. The van der Waals surface area contributed by atoms with Crippen molar-refractivity contribution in [3.05, 3.63) is 35.9 Å². The average Bonchev–Trinajstić information content (AvgIpc) is 2.90. The van der Waals surface area contributed by atoms with Gasteiger partial charge in [0.1, 0.15) is 6.61 Å². The number of rotatable bonds is 7. The van der Waals surface area contributed by atoms with Gasteiger partial charge in [0.15, 0.2) is 0 Å². The minimum atomic E-state index is -0.547. The largest absolute Gasteiger partial charge is 0.445 e. The van der Waals surface area contributed by atoms with Crippen LogP contribution >= 0.6 is 0 Å². The third kappa shape index (κ3) is 5.54. The lowest BCUT2D eigenvalue weighted by atomic mass is 10.2. The number of nitrogens with two attached hydrogens (primary N) is 1. The molecule has 1 aromatic rings. The number of alkyl carbamates (subject to hydrolysis) is 1. The van der Waals surface area contributed by atoms with Gasteiger partial charge < -0.3 is 26.0 Å². The van der Waals surface area contributed by atoms with E-state index >= 15 is 0 Å². The molecule has 4 N–H and O–H groups in total. The highest BCUT2D eigenvalue weighted by molar-refractivity contribution is 5.88. The summed E-state index contributed by atoms with van der Waals surface area (Å²) in [6.45, 7) is 1.18. The van der Waals surface area contributed by atoms with Crippen molar-refractivity contribution in [2.75, 3.05) is 26.2 Å². The van der Waals surface area contributed by atoms with Crippen molar-refractivity contribution in [1.29, 1.82) is 0 Å². The van der Waals surface area contributed by atoms with Crippen LogP contribution in [0, 0.1) is 0 Å². The molecule has 1 fully saturated rings. The van der Waals surface area contributed by atoms with Crippen LogP contribution in [-0.4, -0.2) is 55.0 Å². The molecular weight excluding hydrogens is 312 g/mol. The Morgan fingerprint density at radius 2 is 1.92 bits per heavy atom. The van der Waals surface area contributed by atoms with E-state index in [-0.39, 0.29) is 38.1 Å². The van der Waals surface area contributed by atoms with E-state index in [1.165, 1.54) is 4.90 Å². The van der Waals surface area contributed by atoms with E-state index in [1.807, 2.05) is 30.3 Å². The van der Waals surface area contributed by atoms with Crippen molar-refractivity contribution in [2.24, 2.45) is 5.73 Å². The van der Waals surface area contributed by atoms with Crippen LogP contribution < -0.4 is 16.4 Å². The molecule has 24 heavy (non-hydrogen) atoms. The monoisotopic (exact) mass is 334 g/mol. The van der Waals surface area contributed by atoms with Gasteiger partial charge in [0, 0.05) is 19.6 Å². The van der Waals surface area contributed by atoms with Crippen LogP contribution in [0.1, 0.15) is 12.0 Å². The first-order valence-corrected chi connectivity index (χ1v) is 7.82. The maximum atomic E-state index is 11.7. The Kier molecular flexibility index (Phi) is 6.56. The van der Waals surface area contributed by atoms with Crippen molar-refractivity contribution < 1.29 is 19.1 Å². The topological polar surface area (TPSA) is 114 Å². The first kappa shape index (κ1) is 17.7. The second-order valence-electron chi connectivity index (χ2n) is 5.49. The Labute approximate surface area is 140 Å². The van der Waals surface area contributed by atoms with E-state index in [1.54, 1.807) is 0 Å². The van der Waals surface area contributed by atoms with Gasteiger partial charge in [-0.05, 0) is 12.0 Å². The molecule has 0 aliphatic carbocycles. The molecule has 8 nitrogen and oxygen atoms in total. The predicted molar refractivity (Wildman–Crippen MR) is 86.8 cm³/mol. The summed E-state index contributed by atoms with van der Waals surface area (Å²) in [6, 6.07) is 8.83. The van der Waals surface area contributed by atoms with Gasteiger partial charge in [0.25, 0.3) is 0 Å². The molecule has 130 valence electrons. The molecule has 1 atom stereocenters. The van der Waals surface area contributed by atoms with Gasteiger partial charge in [0.2, 0.25) is 11.8 Å². The predicted octanol–water partition coefficient (Wildman–Crippen LogP) is -0.411. The highest BCUT2D eigenvalue weighted by Crippen LogP contribution is 2.07. The Bertz CT molecular complexity index is 579. The molecule has 1 saturated heterocycles. The fourth-order valence-corrected chi connectivity index (χ4v) is 2.29. The Balaban J connectivity index is 1.55. The average molecular weight is 334 g/mol. The van der Waals surface area contributed by atoms with Crippen LogP contribution in [0.3, 0.4) is 0 Å². The van der Waals surface area contributed by atoms with Gasteiger partial charge in [0.05, 0.1) is 12.6 Å². The number of carbonyl (C=O) groups is 3. The second kappa shape index (κ2) is 8.88. The summed E-state index contributed by atoms with van der Waals surface area (Å²) in [6.07, 6.45) is 0.0230. The van der Waals surface area contributed by atoms with Gasteiger partial charge in [-0.1, -0.05) is 30.3 Å². The standard InChI is InChI=1S/C16H22N4O4/c17-13-6-9-20(15(13)22)10-14(21)18-7-8-19-16(23)24-11-12-4-2-1-3-5-12/h1-5,13H,6-11,17H2,(H,18,21)(H,19,23)/t13-/m1/s1. The van der Waals surface area contributed by atoms with E-state index in [2.05, 4.69) is 10.6 Å². The number of likely N-dealkylation sites (tertiary alicyclic amines) is 1. The summed E-state index contributed by atoms with van der Waals surface area (Å²) in [4.78, 5) is 36.3. The molecular formula is C16H22N4O4. The second-order valence-corrected chi connectivity index (χ2v) is 5.49. The fourth-order valence-electron chi connectivity index (χ4n) is 2.29. The summed E-state index contributed by atoms with van der Waals surface area (Å²) >= 11 is 0. The maximum absolute atomic E-state index is 11.7. The third-order valence-corrected chi connectivity index (χ3v) is 3.60. The molecule has 1 aromatic carbocycles. The van der Waals surface area contributed by atoms with Crippen LogP contribution in [0.4, 0.5) is 4.79 Å². The smallest absolute Gasteiger partial charge is 0.407 e. The van der Waals surface area contributed by atoms with E-state index in [0.29, 0.717) is 13.0 Å². The summed E-state index contributed by atoms with van der Waals surface area (Å²) < 4.78 is 5.04. The molecule has 8 heteroatoms. The molecule has 0 saturated carbocycles. The van der Waals surface area contributed by atoms with Gasteiger partial charge in [-0.15, -0.1) is 0 Å². The minimum Gasteiger partial charge on any atom is -0.445 e. The number of hydrogen-bond donors (Lipinski definition) is 3. The van der Waals surface area contributed by atoms with E-state index in [0.717, 1.165) is 5.56 Å². The minimum absolute atomic E-state index is 0.00894. The van der Waals surface area contributed by atoms with Crippen molar-refractivity contribution in [3.8, 4) is 0 Å². The SMILES string of the molecule is N[C@@H]1CCN(CC(=O)NCCNC(=O)OCc2ccccc2)C1=O. The number of carbonyl (C=O) groups excluding carboxylic acids is 3. The van der Waals surface area contributed by atoms with Gasteiger partial charge in [-0.25, -0.2) is 4.79 Å². The van der Waals surface area contributed by atoms with E-state index in [4.69, 9.17) is 10.5 Å². The van der Waals surface area contributed by atoms with Gasteiger partial charge in [-0.3, -0.25) is 9.59 Å². The van der Waals surface area contributed by atoms with Crippen LogP contribution in [0.2, 0.25) is 0 Å². The Morgan fingerprint density at radius 1 is 1.21 bits per heavy atom. The molecule has 1 heterocycles. The van der Waals surface area contributed by atoms with Crippen LogP contribution in [0.15, 0.2) is 30.3 Å². The number of nitrogens with one attached hydrogen (secondary N) is 2. The fraction of sp³-hybridized carbons (Fsp3) is 0.438. The van der Waals surface area contributed by atoms with E-state index < -0.39 is 12.1 Å². The zero-order valence-corrected chi connectivity index (χ0v) is 13.4. The summed E-state index contributed by atoms with van der Waals surface area (Å²) in [7, 11) is 0. The van der Waals surface area contributed by atoms with Crippen molar-refractivity contribution in [1.82, 2.24) is 15.5 Å². The number of hydrogen-bond acceptors (Lipinski definition) is 5.